The first kappa shape index (κ1) is 21.0. The number of ether oxygens (including phenoxy) is 2. The molecule has 2 aromatic carbocycles. The Hall–Kier alpha value is -2.29. The normalized spacial score (nSPS) is 16.3. The van der Waals surface area contributed by atoms with E-state index in [0.717, 1.165) is 4.47 Å². The molecule has 158 valence electrons. The molecular weight excluding hydrogens is 474 g/mol. The molecule has 1 fully saturated rings. The zero-order valence-corrected chi connectivity index (χ0v) is 18.5. The average molecular weight is 495 g/mol. The number of piperazine rings is 1. The van der Waals surface area contributed by atoms with Gasteiger partial charge in [-0.25, -0.2) is 0 Å². The van der Waals surface area contributed by atoms with Crippen LogP contribution in [0.25, 0.3) is 0 Å². The lowest BCUT2D eigenvalue weighted by molar-refractivity contribution is -0.117. The molecule has 2 aromatic rings. The Labute approximate surface area is 188 Å². The fourth-order valence-corrected chi connectivity index (χ4v) is 3.98. The molecule has 0 bridgehead atoms. The summed E-state index contributed by atoms with van der Waals surface area (Å²) < 4.78 is 11.8. The van der Waals surface area contributed by atoms with Crippen molar-refractivity contribution in [2.45, 2.75) is 0 Å². The van der Waals surface area contributed by atoms with E-state index in [-0.39, 0.29) is 18.4 Å². The molecule has 0 spiro atoms. The first-order valence-electron chi connectivity index (χ1n) is 9.66. The molecule has 9 heteroatoms. The van der Waals surface area contributed by atoms with Gasteiger partial charge in [0.2, 0.25) is 5.91 Å². The Morgan fingerprint density at radius 2 is 1.63 bits per heavy atom. The number of hydrogen-bond acceptors (Lipinski definition) is 5. The summed E-state index contributed by atoms with van der Waals surface area (Å²) in [5.74, 6) is 1.14. The maximum Gasteiger partial charge on any atom is 0.253 e. The van der Waals surface area contributed by atoms with E-state index >= 15 is 0 Å². The Morgan fingerprint density at radius 3 is 2.30 bits per heavy atom. The van der Waals surface area contributed by atoms with Crippen molar-refractivity contribution in [3.05, 3.63) is 51.5 Å². The third-order valence-corrected chi connectivity index (χ3v) is 5.93. The van der Waals surface area contributed by atoms with Crippen LogP contribution in [0.4, 0.5) is 5.69 Å². The molecule has 2 amide bonds. The number of amides is 2. The minimum absolute atomic E-state index is 0.0176. The van der Waals surface area contributed by atoms with Crippen LogP contribution in [-0.2, 0) is 4.79 Å². The van der Waals surface area contributed by atoms with Crippen LogP contribution in [0.1, 0.15) is 10.4 Å². The van der Waals surface area contributed by atoms with Crippen molar-refractivity contribution < 1.29 is 19.1 Å². The van der Waals surface area contributed by atoms with Gasteiger partial charge in [-0.3, -0.25) is 14.5 Å². The number of hydrogen-bond donors (Lipinski definition) is 1. The number of benzene rings is 2. The van der Waals surface area contributed by atoms with Gasteiger partial charge in [-0.2, -0.15) is 0 Å². The number of carbonyl (C=O) groups is 2. The molecule has 7 nitrogen and oxygen atoms in total. The van der Waals surface area contributed by atoms with Crippen LogP contribution >= 0.6 is 27.5 Å². The van der Waals surface area contributed by atoms with E-state index in [1.807, 2.05) is 4.90 Å². The molecule has 0 radical (unpaired) electrons. The predicted molar refractivity (Wildman–Crippen MR) is 118 cm³/mol. The standard InChI is InChI=1S/C21H21BrClN3O4/c22-16-11-18-19(30-10-9-29-18)12-17(16)24-20(27)13-25-5-7-26(8-6-25)21(28)14-1-3-15(23)4-2-14/h1-4,11-12H,5-10,13H2,(H,24,27). The summed E-state index contributed by atoms with van der Waals surface area (Å²) in [5.41, 5.74) is 1.26. The summed E-state index contributed by atoms with van der Waals surface area (Å²) in [6, 6.07) is 10.5. The van der Waals surface area contributed by atoms with Crippen LogP contribution in [-0.4, -0.2) is 67.6 Å². The van der Waals surface area contributed by atoms with E-state index in [9.17, 15) is 9.59 Å². The number of fused-ring (bicyclic) bond motifs is 1. The summed E-state index contributed by atoms with van der Waals surface area (Å²) in [6.45, 7) is 3.66. The topological polar surface area (TPSA) is 71.1 Å². The summed E-state index contributed by atoms with van der Waals surface area (Å²) in [7, 11) is 0. The molecule has 0 unspecified atom stereocenters. The molecule has 30 heavy (non-hydrogen) atoms. The van der Waals surface area contributed by atoms with Gasteiger partial charge in [-0.05, 0) is 40.2 Å². The largest absolute Gasteiger partial charge is 0.486 e. The molecule has 2 aliphatic rings. The second kappa shape index (κ2) is 9.24. The van der Waals surface area contributed by atoms with Crippen molar-refractivity contribution in [3.8, 4) is 11.5 Å². The van der Waals surface area contributed by atoms with Crippen LogP contribution in [0.15, 0.2) is 40.9 Å². The zero-order chi connectivity index (χ0) is 21.1. The highest BCUT2D eigenvalue weighted by molar-refractivity contribution is 9.10. The fraction of sp³-hybridized carbons (Fsp3) is 0.333. The molecule has 0 aromatic heterocycles. The Balaban J connectivity index is 1.29. The second-order valence-corrected chi connectivity index (χ2v) is 8.39. The highest BCUT2D eigenvalue weighted by Crippen LogP contribution is 2.38. The van der Waals surface area contributed by atoms with Crippen LogP contribution in [0.5, 0.6) is 11.5 Å². The van der Waals surface area contributed by atoms with E-state index < -0.39 is 0 Å². The molecule has 0 aliphatic carbocycles. The molecule has 0 atom stereocenters. The van der Waals surface area contributed by atoms with Crippen molar-refractivity contribution in [2.75, 3.05) is 51.3 Å². The monoisotopic (exact) mass is 493 g/mol. The lowest BCUT2D eigenvalue weighted by atomic mass is 10.2. The van der Waals surface area contributed by atoms with Crippen LogP contribution in [0.3, 0.4) is 0 Å². The highest BCUT2D eigenvalue weighted by atomic mass is 79.9. The van der Waals surface area contributed by atoms with E-state index in [2.05, 4.69) is 21.2 Å². The van der Waals surface area contributed by atoms with Gasteiger partial charge >= 0.3 is 0 Å². The summed E-state index contributed by atoms with van der Waals surface area (Å²) in [4.78, 5) is 29.0. The van der Waals surface area contributed by atoms with Crippen LogP contribution in [0.2, 0.25) is 5.02 Å². The smallest absolute Gasteiger partial charge is 0.253 e. The maximum atomic E-state index is 12.6. The van der Waals surface area contributed by atoms with Crippen LogP contribution in [0, 0.1) is 0 Å². The first-order chi connectivity index (χ1) is 14.5. The molecular formula is C21H21BrClN3O4. The van der Waals surface area contributed by atoms with Crippen molar-refractivity contribution in [1.82, 2.24) is 9.80 Å². The van der Waals surface area contributed by atoms with E-state index in [1.165, 1.54) is 0 Å². The van der Waals surface area contributed by atoms with Gasteiger partial charge in [0.15, 0.2) is 11.5 Å². The number of carbonyl (C=O) groups excluding carboxylic acids is 2. The maximum absolute atomic E-state index is 12.6. The van der Waals surface area contributed by atoms with Gasteiger partial charge in [0.1, 0.15) is 13.2 Å². The summed E-state index contributed by atoms with van der Waals surface area (Å²) in [5, 5.41) is 3.52. The highest BCUT2D eigenvalue weighted by Gasteiger charge is 2.24. The molecule has 2 heterocycles. The molecule has 1 N–H and O–H groups in total. The third-order valence-electron chi connectivity index (χ3n) is 5.02. The van der Waals surface area contributed by atoms with Crippen molar-refractivity contribution in [1.29, 1.82) is 0 Å². The van der Waals surface area contributed by atoms with Crippen LogP contribution < -0.4 is 14.8 Å². The van der Waals surface area contributed by atoms with Gasteiger partial charge in [0.05, 0.1) is 12.2 Å². The van der Waals surface area contributed by atoms with Gasteiger partial charge in [0, 0.05) is 53.4 Å². The minimum atomic E-state index is -0.121. The lowest BCUT2D eigenvalue weighted by Crippen LogP contribution is -2.50. The number of anilines is 1. The Bertz CT molecular complexity index is 946. The van der Waals surface area contributed by atoms with E-state index in [1.54, 1.807) is 41.3 Å². The molecule has 1 saturated heterocycles. The van der Waals surface area contributed by atoms with E-state index in [0.29, 0.717) is 67.2 Å². The first-order valence-corrected chi connectivity index (χ1v) is 10.8. The van der Waals surface area contributed by atoms with Crippen molar-refractivity contribution in [3.63, 3.8) is 0 Å². The second-order valence-electron chi connectivity index (χ2n) is 7.10. The summed E-state index contributed by atoms with van der Waals surface area (Å²) in [6.07, 6.45) is 0. The Morgan fingerprint density at radius 1 is 1.00 bits per heavy atom. The number of halogens is 2. The predicted octanol–water partition coefficient (Wildman–Crippen LogP) is 3.27. The number of rotatable bonds is 4. The van der Waals surface area contributed by atoms with E-state index in [4.69, 9.17) is 21.1 Å². The van der Waals surface area contributed by atoms with Gasteiger partial charge < -0.3 is 19.7 Å². The number of nitrogens with zero attached hydrogens (tertiary/aromatic N) is 2. The Kier molecular flexibility index (Phi) is 6.46. The molecule has 0 saturated carbocycles. The SMILES string of the molecule is O=C(CN1CCN(C(=O)c2ccc(Cl)cc2)CC1)Nc1cc2c(cc1Br)OCCO2. The fourth-order valence-electron chi connectivity index (χ4n) is 3.44. The van der Waals surface area contributed by atoms with Gasteiger partial charge in [-0.15, -0.1) is 0 Å². The average Bonchev–Trinajstić information content (AvgIpc) is 2.75. The van der Waals surface area contributed by atoms with Gasteiger partial charge in [0.25, 0.3) is 5.91 Å². The van der Waals surface area contributed by atoms with Crippen molar-refractivity contribution in [2.24, 2.45) is 0 Å². The van der Waals surface area contributed by atoms with Crippen molar-refractivity contribution >= 4 is 45.0 Å². The lowest BCUT2D eigenvalue weighted by Gasteiger charge is -2.34. The molecule has 4 rings (SSSR count). The number of nitrogens with one attached hydrogen (secondary N) is 1. The summed E-state index contributed by atoms with van der Waals surface area (Å²) >= 11 is 9.35. The zero-order valence-electron chi connectivity index (χ0n) is 16.2. The molecule has 2 aliphatic heterocycles. The van der Waals surface area contributed by atoms with Gasteiger partial charge in [-0.1, -0.05) is 11.6 Å². The third kappa shape index (κ3) is 4.88. The minimum Gasteiger partial charge on any atom is -0.486 e. The quantitative estimate of drug-likeness (QED) is 0.706.